The molecule has 1 saturated carbocycles. The van der Waals surface area contributed by atoms with Gasteiger partial charge < -0.3 is 14.1 Å². The third kappa shape index (κ3) is 3.62. The van der Waals surface area contributed by atoms with Crippen LogP contribution in [-0.2, 0) is 4.74 Å². The van der Waals surface area contributed by atoms with E-state index in [1.807, 2.05) is 4.90 Å². The van der Waals surface area contributed by atoms with Crippen LogP contribution in [0.4, 0.5) is 0 Å². The molecule has 0 spiro atoms. The van der Waals surface area contributed by atoms with E-state index in [-0.39, 0.29) is 17.4 Å². The summed E-state index contributed by atoms with van der Waals surface area (Å²) in [6, 6.07) is 14.8. The van der Waals surface area contributed by atoms with Crippen molar-refractivity contribution >= 4 is 5.91 Å². The maximum atomic E-state index is 12.5. The maximum Gasteiger partial charge on any atom is 0.289 e. The summed E-state index contributed by atoms with van der Waals surface area (Å²) < 4.78 is 11.6. The highest BCUT2D eigenvalue weighted by Crippen LogP contribution is 2.52. The Morgan fingerprint density at radius 3 is 2.55 bits per heavy atom. The monoisotopic (exact) mass is 394 g/mol. The molecule has 3 aliphatic rings. The van der Waals surface area contributed by atoms with Gasteiger partial charge in [-0.1, -0.05) is 37.3 Å². The first-order valence-electron chi connectivity index (χ1n) is 10.9. The quantitative estimate of drug-likeness (QED) is 0.790. The average molecular weight is 395 g/mol. The van der Waals surface area contributed by atoms with Crippen LogP contribution in [0.3, 0.4) is 0 Å². The van der Waals surface area contributed by atoms with Crippen molar-refractivity contribution in [1.82, 2.24) is 9.80 Å². The van der Waals surface area contributed by atoms with Crippen LogP contribution in [0, 0.1) is 11.3 Å². The fraction of sp³-hybridized carbons (Fsp3) is 0.542. The fourth-order valence-electron chi connectivity index (χ4n) is 5.60. The lowest BCUT2D eigenvalue weighted by molar-refractivity contribution is -0.0819. The summed E-state index contributed by atoms with van der Waals surface area (Å²) in [5.41, 5.74) is 1.58. The summed E-state index contributed by atoms with van der Waals surface area (Å²) in [6.45, 7) is 6.72. The molecule has 1 aromatic heterocycles. The number of rotatable bonds is 3. The fourth-order valence-corrected chi connectivity index (χ4v) is 5.60. The van der Waals surface area contributed by atoms with Gasteiger partial charge in [0.2, 0.25) is 0 Å². The van der Waals surface area contributed by atoms with Gasteiger partial charge in [-0.2, -0.15) is 0 Å². The minimum absolute atomic E-state index is 0.0146. The molecule has 0 bridgehead atoms. The van der Waals surface area contributed by atoms with Crippen LogP contribution in [0.2, 0.25) is 0 Å². The summed E-state index contributed by atoms with van der Waals surface area (Å²) in [5.74, 6) is 1.16. The van der Waals surface area contributed by atoms with Crippen molar-refractivity contribution < 1.29 is 13.9 Å². The highest BCUT2D eigenvalue weighted by Gasteiger charge is 2.49. The number of carbonyl (C=O) groups is 1. The Hall–Kier alpha value is -2.11. The smallest absolute Gasteiger partial charge is 0.289 e. The maximum absolute atomic E-state index is 12.5. The molecular weight excluding hydrogens is 364 g/mol. The van der Waals surface area contributed by atoms with Crippen molar-refractivity contribution in [2.75, 3.05) is 32.8 Å². The number of piperazine rings is 1. The van der Waals surface area contributed by atoms with E-state index in [1.54, 1.807) is 18.4 Å². The van der Waals surface area contributed by atoms with Crippen molar-refractivity contribution in [3.8, 4) is 0 Å². The molecule has 5 nitrogen and oxygen atoms in total. The molecule has 0 N–H and O–H groups in total. The molecule has 3 heterocycles. The Bertz CT molecular complexity index is 829. The zero-order chi connectivity index (χ0) is 19.8. The van der Waals surface area contributed by atoms with Gasteiger partial charge >= 0.3 is 0 Å². The van der Waals surface area contributed by atoms with Crippen LogP contribution < -0.4 is 0 Å². The van der Waals surface area contributed by atoms with Gasteiger partial charge in [0.1, 0.15) is 0 Å². The highest BCUT2D eigenvalue weighted by atomic mass is 16.5. The lowest BCUT2D eigenvalue weighted by atomic mass is 9.75. The van der Waals surface area contributed by atoms with E-state index in [0.717, 1.165) is 39.2 Å². The van der Waals surface area contributed by atoms with Crippen LogP contribution in [0.5, 0.6) is 0 Å². The molecule has 5 rings (SSSR count). The van der Waals surface area contributed by atoms with Gasteiger partial charge in [0.25, 0.3) is 5.91 Å². The highest BCUT2D eigenvalue weighted by molar-refractivity contribution is 5.91. The predicted octanol–water partition coefficient (Wildman–Crippen LogP) is 3.98. The van der Waals surface area contributed by atoms with Gasteiger partial charge in [-0.25, -0.2) is 0 Å². The first-order valence-corrected chi connectivity index (χ1v) is 10.9. The van der Waals surface area contributed by atoms with E-state index in [9.17, 15) is 4.79 Å². The molecule has 1 aliphatic carbocycles. The van der Waals surface area contributed by atoms with E-state index in [0.29, 0.717) is 17.7 Å². The van der Waals surface area contributed by atoms with E-state index in [4.69, 9.17) is 9.15 Å². The Labute approximate surface area is 172 Å². The van der Waals surface area contributed by atoms with Crippen molar-refractivity contribution in [2.24, 2.45) is 11.3 Å². The minimum Gasteiger partial charge on any atom is -0.459 e. The molecule has 2 aromatic rings. The Kier molecular flexibility index (Phi) is 4.96. The Morgan fingerprint density at radius 2 is 1.83 bits per heavy atom. The van der Waals surface area contributed by atoms with Crippen LogP contribution in [0.1, 0.15) is 48.4 Å². The number of nitrogens with zero attached hydrogens (tertiary/aromatic N) is 2. The van der Waals surface area contributed by atoms with Crippen LogP contribution in [-0.4, -0.2) is 54.5 Å². The molecule has 4 atom stereocenters. The number of amides is 1. The topological polar surface area (TPSA) is 45.9 Å². The van der Waals surface area contributed by atoms with Gasteiger partial charge in [-0.05, 0) is 48.3 Å². The van der Waals surface area contributed by atoms with Gasteiger partial charge in [0.05, 0.1) is 19.0 Å². The second kappa shape index (κ2) is 7.62. The average Bonchev–Trinajstić information content (AvgIpc) is 3.41. The second-order valence-electron chi connectivity index (χ2n) is 9.20. The lowest BCUT2D eigenvalue weighted by Gasteiger charge is -2.40. The first-order chi connectivity index (χ1) is 14.1. The second-order valence-corrected chi connectivity index (χ2v) is 9.20. The Balaban J connectivity index is 1.19. The summed E-state index contributed by atoms with van der Waals surface area (Å²) in [7, 11) is 0. The molecule has 0 radical (unpaired) electrons. The van der Waals surface area contributed by atoms with Crippen molar-refractivity contribution in [2.45, 2.75) is 38.3 Å². The van der Waals surface area contributed by atoms with Crippen molar-refractivity contribution in [3.63, 3.8) is 0 Å². The van der Waals surface area contributed by atoms with E-state index in [2.05, 4.69) is 42.2 Å². The Morgan fingerprint density at radius 1 is 1.03 bits per heavy atom. The van der Waals surface area contributed by atoms with E-state index < -0.39 is 0 Å². The predicted molar refractivity (Wildman–Crippen MR) is 111 cm³/mol. The number of fused-ring (bicyclic) bond motifs is 1. The third-order valence-electron chi connectivity index (χ3n) is 7.38. The number of ether oxygens (including phenoxy) is 1. The lowest BCUT2D eigenvalue weighted by Crippen LogP contribution is -2.51. The SMILES string of the molecule is C[C@@]12CO[C@H](c3ccccc3)C[C@@H]1C[C@H](N1CCN(C(=O)c3ccco3)CC1)C2. The van der Waals surface area contributed by atoms with Gasteiger partial charge in [0.15, 0.2) is 5.76 Å². The van der Waals surface area contributed by atoms with Crippen molar-refractivity contribution in [3.05, 3.63) is 60.1 Å². The van der Waals surface area contributed by atoms with Gasteiger partial charge in [-0.3, -0.25) is 9.69 Å². The normalized spacial score (nSPS) is 32.9. The van der Waals surface area contributed by atoms with E-state index >= 15 is 0 Å². The molecule has 154 valence electrons. The van der Waals surface area contributed by atoms with Gasteiger partial charge in [-0.15, -0.1) is 0 Å². The zero-order valence-corrected chi connectivity index (χ0v) is 17.1. The molecule has 5 heteroatoms. The molecule has 2 aliphatic heterocycles. The third-order valence-corrected chi connectivity index (χ3v) is 7.38. The molecular formula is C24H30N2O3. The number of benzene rings is 1. The molecule has 0 unspecified atom stereocenters. The molecule has 1 amide bonds. The first kappa shape index (κ1) is 18.9. The summed E-state index contributed by atoms with van der Waals surface area (Å²) in [5, 5.41) is 0. The van der Waals surface area contributed by atoms with Crippen molar-refractivity contribution in [1.29, 1.82) is 0 Å². The largest absolute Gasteiger partial charge is 0.459 e. The zero-order valence-electron chi connectivity index (χ0n) is 17.1. The molecule has 1 aromatic carbocycles. The minimum atomic E-state index is 0.0146. The molecule has 2 saturated heterocycles. The van der Waals surface area contributed by atoms with E-state index in [1.165, 1.54) is 18.4 Å². The van der Waals surface area contributed by atoms with Crippen LogP contribution in [0.25, 0.3) is 0 Å². The summed E-state index contributed by atoms with van der Waals surface area (Å²) in [4.78, 5) is 17.0. The molecule has 3 fully saturated rings. The number of hydrogen-bond acceptors (Lipinski definition) is 4. The number of furan rings is 1. The standard InChI is InChI=1S/C24H30N2O3/c1-24-16-20(14-19(24)15-22(29-17-24)18-6-3-2-4-7-18)25-9-11-26(12-10-25)23(27)21-8-5-13-28-21/h2-8,13,19-20,22H,9-12,14-17H2,1H3/t19-,20-,22-,24+/m0/s1. The van der Waals surface area contributed by atoms with Gasteiger partial charge in [0, 0.05) is 32.2 Å². The summed E-state index contributed by atoms with van der Waals surface area (Å²) in [6.07, 6.45) is 5.36. The van der Waals surface area contributed by atoms with Crippen LogP contribution in [0.15, 0.2) is 53.1 Å². The van der Waals surface area contributed by atoms with Crippen LogP contribution >= 0.6 is 0 Å². The number of carbonyl (C=O) groups excluding carboxylic acids is 1. The molecule has 29 heavy (non-hydrogen) atoms. The number of hydrogen-bond donors (Lipinski definition) is 0. The summed E-state index contributed by atoms with van der Waals surface area (Å²) >= 11 is 0.